The molecule has 9 heteroatoms. The molecule has 1 amide bonds. The number of nitrogens with one attached hydrogen (secondary N) is 2. The van der Waals surface area contributed by atoms with E-state index in [1.54, 1.807) is 25.9 Å². The average molecular weight is 503 g/mol. The van der Waals surface area contributed by atoms with E-state index in [4.69, 9.17) is 11.6 Å². The van der Waals surface area contributed by atoms with Crippen LogP contribution in [0, 0.1) is 0 Å². The van der Waals surface area contributed by atoms with Gasteiger partial charge in [0.15, 0.2) is 5.96 Å². The van der Waals surface area contributed by atoms with E-state index >= 15 is 0 Å². The second-order valence-corrected chi connectivity index (χ2v) is 6.76. The van der Waals surface area contributed by atoms with Crippen LogP contribution in [0.3, 0.4) is 0 Å². The minimum atomic E-state index is -0.386. The number of amides is 1. The third-order valence-corrected chi connectivity index (χ3v) is 4.22. The summed E-state index contributed by atoms with van der Waals surface area (Å²) in [5.41, 5.74) is 0. The van der Waals surface area contributed by atoms with Crippen LogP contribution in [0.5, 0.6) is 0 Å². The van der Waals surface area contributed by atoms with E-state index < -0.39 is 0 Å². The number of likely N-dealkylation sites (N-methyl/N-ethyl adjacent to an activating group) is 1. The lowest BCUT2D eigenvalue weighted by Crippen LogP contribution is -2.40. The molecule has 0 spiro atoms. The molecule has 0 atom stereocenters. The summed E-state index contributed by atoms with van der Waals surface area (Å²) in [5.74, 6) is 1.26. The predicted octanol–water partition coefficient (Wildman–Crippen LogP) is 3.03. The van der Waals surface area contributed by atoms with Gasteiger partial charge in [0.05, 0.1) is 6.67 Å². The first-order valence-corrected chi connectivity index (χ1v) is 9.06. The molecule has 1 rings (SSSR count). The highest BCUT2D eigenvalue weighted by atomic mass is 127. The summed E-state index contributed by atoms with van der Waals surface area (Å²) >= 11 is 7.54. The summed E-state index contributed by atoms with van der Waals surface area (Å²) in [6.45, 7) is 0.819. The van der Waals surface area contributed by atoms with Gasteiger partial charge < -0.3 is 15.5 Å². The number of thioether (sulfide) groups is 1. The normalized spacial score (nSPS) is 10.8. The Labute approximate surface area is 175 Å². The van der Waals surface area contributed by atoms with Gasteiger partial charge in [0.2, 0.25) is 5.91 Å². The quantitative estimate of drug-likeness (QED) is 0.179. The minimum absolute atomic E-state index is 0. The molecule has 0 saturated carbocycles. The first kappa shape index (κ1) is 24.3. The summed E-state index contributed by atoms with van der Waals surface area (Å²) < 4.78 is 12.2. The molecule has 142 valence electrons. The Bertz CT molecular complexity index is 531. The van der Waals surface area contributed by atoms with Gasteiger partial charge in [-0.25, -0.2) is 4.99 Å². The first-order valence-electron chi connectivity index (χ1n) is 7.69. The number of hydrogen-bond acceptors (Lipinski definition) is 3. The number of carbonyl (C=O) groups is 1. The third kappa shape index (κ3) is 11.5. The zero-order chi connectivity index (χ0) is 17.8. The van der Waals surface area contributed by atoms with E-state index in [0.29, 0.717) is 25.5 Å². The Morgan fingerprint density at radius 3 is 2.48 bits per heavy atom. The van der Waals surface area contributed by atoms with Crippen molar-refractivity contribution in [1.82, 2.24) is 15.5 Å². The SMILES string of the molecule is CN(C)C(=O)CN=C(NCCCF)NCCSc1ccc(Cl)cc1.I. The number of rotatable bonds is 9. The fraction of sp³-hybridized carbons (Fsp3) is 0.500. The molecule has 5 nitrogen and oxygen atoms in total. The molecule has 0 fully saturated rings. The molecule has 0 aliphatic heterocycles. The Kier molecular flexibility index (Phi) is 14.0. The Morgan fingerprint density at radius 2 is 1.88 bits per heavy atom. The fourth-order valence-corrected chi connectivity index (χ4v) is 2.50. The molecule has 0 aliphatic carbocycles. The van der Waals surface area contributed by atoms with Gasteiger partial charge >= 0.3 is 0 Å². The molecule has 0 heterocycles. The van der Waals surface area contributed by atoms with Crippen LogP contribution in [0.1, 0.15) is 6.42 Å². The van der Waals surface area contributed by atoms with Crippen molar-refractivity contribution in [1.29, 1.82) is 0 Å². The number of hydrogen-bond donors (Lipinski definition) is 2. The fourth-order valence-electron chi connectivity index (χ4n) is 1.61. The van der Waals surface area contributed by atoms with Crippen LogP contribution < -0.4 is 10.6 Å². The third-order valence-electron chi connectivity index (χ3n) is 2.95. The van der Waals surface area contributed by atoms with Crippen molar-refractivity contribution in [2.24, 2.45) is 4.99 Å². The van der Waals surface area contributed by atoms with E-state index in [9.17, 15) is 9.18 Å². The van der Waals surface area contributed by atoms with Crippen molar-refractivity contribution >= 4 is 59.2 Å². The molecule has 0 unspecified atom stereocenters. The van der Waals surface area contributed by atoms with Gasteiger partial charge in [0, 0.05) is 42.9 Å². The Balaban J connectivity index is 0.00000576. The predicted molar refractivity (Wildman–Crippen MR) is 115 cm³/mol. The maximum atomic E-state index is 12.2. The number of nitrogens with zero attached hydrogens (tertiary/aromatic N) is 2. The first-order chi connectivity index (χ1) is 11.5. The lowest BCUT2D eigenvalue weighted by molar-refractivity contribution is -0.127. The summed E-state index contributed by atoms with van der Waals surface area (Å²) in [6.07, 6.45) is 0.405. The molecule has 1 aromatic carbocycles. The smallest absolute Gasteiger partial charge is 0.243 e. The molecule has 0 bridgehead atoms. The van der Waals surface area contributed by atoms with Crippen LogP contribution in [-0.2, 0) is 4.79 Å². The molecule has 0 saturated heterocycles. The molecule has 1 aromatic rings. The van der Waals surface area contributed by atoms with Crippen molar-refractivity contribution in [3.05, 3.63) is 29.3 Å². The zero-order valence-corrected chi connectivity index (χ0v) is 18.3. The van der Waals surface area contributed by atoms with E-state index in [0.717, 1.165) is 15.7 Å². The average Bonchev–Trinajstić information content (AvgIpc) is 2.57. The van der Waals surface area contributed by atoms with Gasteiger partial charge in [-0.1, -0.05) is 11.6 Å². The van der Waals surface area contributed by atoms with E-state index in [2.05, 4.69) is 15.6 Å². The molecule has 25 heavy (non-hydrogen) atoms. The summed E-state index contributed by atoms with van der Waals surface area (Å²) in [5, 5.41) is 6.89. The molecular formula is C16H25ClFIN4OS. The number of guanidine groups is 1. The van der Waals surface area contributed by atoms with Crippen molar-refractivity contribution < 1.29 is 9.18 Å². The van der Waals surface area contributed by atoms with Crippen molar-refractivity contribution in [3.8, 4) is 0 Å². The summed E-state index contributed by atoms with van der Waals surface area (Å²) in [6, 6.07) is 7.65. The summed E-state index contributed by atoms with van der Waals surface area (Å²) in [4.78, 5) is 18.5. The second kappa shape index (κ2) is 14.4. The minimum Gasteiger partial charge on any atom is -0.356 e. The van der Waals surface area contributed by atoms with Gasteiger partial charge in [-0.15, -0.1) is 35.7 Å². The van der Waals surface area contributed by atoms with Crippen LogP contribution >= 0.6 is 47.3 Å². The Morgan fingerprint density at radius 1 is 1.24 bits per heavy atom. The lowest BCUT2D eigenvalue weighted by Gasteiger charge is -2.13. The highest BCUT2D eigenvalue weighted by Gasteiger charge is 2.04. The highest BCUT2D eigenvalue weighted by Crippen LogP contribution is 2.19. The number of benzene rings is 1. The number of halogens is 3. The van der Waals surface area contributed by atoms with Gasteiger partial charge in [-0.05, 0) is 30.7 Å². The Hall–Kier alpha value is -0.740. The molecule has 2 N–H and O–H groups in total. The lowest BCUT2D eigenvalue weighted by atomic mass is 10.4. The van der Waals surface area contributed by atoms with Gasteiger partial charge in [0.25, 0.3) is 0 Å². The second-order valence-electron chi connectivity index (χ2n) is 5.15. The van der Waals surface area contributed by atoms with Crippen molar-refractivity contribution in [3.63, 3.8) is 0 Å². The standard InChI is InChI=1S/C16H24ClFN4OS.HI/c1-22(2)15(23)12-21-16(19-9-3-8-18)20-10-11-24-14-6-4-13(17)5-7-14;/h4-7H,3,8-12H2,1-2H3,(H2,19,20,21);1H. The molecule has 0 aliphatic rings. The maximum absolute atomic E-state index is 12.2. The van der Waals surface area contributed by atoms with Crippen LogP contribution in [0.15, 0.2) is 34.2 Å². The van der Waals surface area contributed by atoms with E-state index in [1.165, 1.54) is 4.90 Å². The zero-order valence-electron chi connectivity index (χ0n) is 14.4. The largest absolute Gasteiger partial charge is 0.356 e. The molecule has 0 radical (unpaired) electrons. The topological polar surface area (TPSA) is 56.7 Å². The van der Waals surface area contributed by atoms with Gasteiger partial charge in [-0.3, -0.25) is 9.18 Å². The van der Waals surface area contributed by atoms with Crippen LogP contribution in [-0.4, -0.2) is 62.9 Å². The van der Waals surface area contributed by atoms with Crippen LogP contribution in [0.4, 0.5) is 4.39 Å². The van der Waals surface area contributed by atoms with Gasteiger partial charge in [0.1, 0.15) is 6.54 Å². The number of alkyl halides is 1. The van der Waals surface area contributed by atoms with Crippen LogP contribution in [0.25, 0.3) is 0 Å². The number of carbonyl (C=O) groups excluding carboxylic acids is 1. The van der Waals surface area contributed by atoms with Crippen molar-refractivity contribution in [2.45, 2.75) is 11.3 Å². The van der Waals surface area contributed by atoms with E-state index in [-0.39, 0.29) is 43.1 Å². The maximum Gasteiger partial charge on any atom is 0.243 e. The molecule has 0 aromatic heterocycles. The monoisotopic (exact) mass is 502 g/mol. The van der Waals surface area contributed by atoms with Crippen LogP contribution in [0.2, 0.25) is 5.02 Å². The number of aliphatic imine (C=N–C) groups is 1. The molecular weight excluding hydrogens is 478 g/mol. The van der Waals surface area contributed by atoms with Crippen molar-refractivity contribution in [2.75, 3.05) is 46.2 Å². The summed E-state index contributed by atoms with van der Waals surface area (Å²) in [7, 11) is 3.37. The van der Waals surface area contributed by atoms with E-state index in [1.807, 2.05) is 24.3 Å². The van der Waals surface area contributed by atoms with Gasteiger partial charge in [-0.2, -0.15) is 0 Å². The highest BCUT2D eigenvalue weighted by molar-refractivity contribution is 14.0.